The molecule has 2 heterocycles. The molecule has 1 aromatic rings. The lowest BCUT2D eigenvalue weighted by Gasteiger charge is -2.25. The van der Waals surface area contributed by atoms with Gasteiger partial charge in [-0.1, -0.05) is 0 Å². The van der Waals surface area contributed by atoms with E-state index in [2.05, 4.69) is 16.0 Å². The van der Waals surface area contributed by atoms with E-state index < -0.39 is 0 Å². The normalized spacial score (nSPS) is 20.4. The number of hydrogen-bond donors (Lipinski definition) is 2. The van der Waals surface area contributed by atoms with Gasteiger partial charge in [-0.15, -0.1) is 0 Å². The maximum absolute atomic E-state index is 9.30. The number of nitrogens with two attached hydrogens (primary N) is 1. The molecule has 88 valence electrons. The zero-order chi connectivity index (χ0) is 11.5. The van der Waals surface area contributed by atoms with Crippen molar-refractivity contribution in [2.24, 2.45) is 5.73 Å². The molecule has 1 aliphatic rings. The molecule has 0 aliphatic carbocycles. The zero-order valence-electron chi connectivity index (χ0n) is 9.69. The number of aromatic nitrogens is 1. The minimum atomic E-state index is 0.208. The van der Waals surface area contributed by atoms with Gasteiger partial charge in [-0.25, -0.2) is 4.98 Å². The third-order valence-electron chi connectivity index (χ3n) is 3.20. The van der Waals surface area contributed by atoms with Gasteiger partial charge in [-0.05, 0) is 37.0 Å². The molecule has 1 unspecified atom stereocenters. The Labute approximate surface area is 96.1 Å². The maximum Gasteiger partial charge on any atom is 0.131 e. The molecule has 4 nitrogen and oxygen atoms in total. The van der Waals surface area contributed by atoms with Gasteiger partial charge in [0.15, 0.2) is 0 Å². The average Bonchev–Trinajstić information content (AvgIpc) is 2.76. The van der Waals surface area contributed by atoms with Crippen molar-refractivity contribution >= 4 is 5.82 Å². The molecular formula is C12H19N3O. The highest BCUT2D eigenvalue weighted by atomic mass is 16.3. The van der Waals surface area contributed by atoms with Crippen molar-refractivity contribution in [2.45, 2.75) is 32.4 Å². The van der Waals surface area contributed by atoms with E-state index in [0.717, 1.165) is 36.3 Å². The number of rotatable bonds is 3. The standard InChI is InChI=1S/C12H19N3O/c1-9-5-10(6-13)7-14-12(9)15-4-2-3-11(15)8-16/h5,7,11,16H,2-4,6,8,13H2,1H3. The molecule has 1 saturated heterocycles. The van der Waals surface area contributed by atoms with E-state index in [-0.39, 0.29) is 12.6 Å². The summed E-state index contributed by atoms with van der Waals surface area (Å²) in [5.74, 6) is 0.994. The van der Waals surface area contributed by atoms with Crippen LogP contribution in [0.2, 0.25) is 0 Å². The highest BCUT2D eigenvalue weighted by molar-refractivity contribution is 5.49. The van der Waals surface area contributed by atoms with Crippen LogP contribution in [0.4, 0.5) is 5.82 Å². The fourth-order valence-electron chi connectivity index (χ4n) is 2.34. The van der Waals surface area contributed by atoms with Crippen LogP contribution in [0.25, 0.3) is 0 Å². The van der Waals surface area contributed by atoms with Gasteiger partial charge in [-0.3, -0.25) is 0 Å². The highest BCUT2D eigenvalue weighted by Gasteiger charge is 2.25. The van der Waals surface area contributed by atoms with Crippen LogP contribution in [0.3, 0.4) is 0 Å². The lowest BCUT2D eigenvalue weighted by molar-refractivity contribution is 0.266. The van der Waals surface area contributed by atoms with E-state index >= 15 is 0 Å². The molecule has 1 aromatic heterocycles. The Balaban J connectivity index is 2.26. The summed E-state index contributed by atoms with van der Waals surface area (Å²) in [6.45, 7) is 3.77. The molecule has 0 bridgehead atoms. The van der Waals surface area contributed by atoms with Gasteiger partial charge in [0.1, 0.15) is 5.82 Å². The Morgan fingerprint density at radius 1 is 1.62 bits per heavy atom. The Kier molecular flexibility index (Phi) is 3.41. The summed E-state index contributed by atoms with van der Waals surface area (Å²) in [5, 5.41) is 9.30. The number of aryl methyl sites for hydroxylation is 1. The lowest BCUT2D eigenvalue weighted by atomic mass is 10.2. The van der Waals surface area contributed by atoms with Crippen LogP contribution < -0.4 is 10.6 Å². The van der Waals surface area contributed by atoms with Gasteiger partial charge in [0.05, 0.1) is 12.6 Å². The monoisotopic (exact) mass is 221 g/mol. The van der Waals surface area contributed by atoms with Crippen LogP contribution in [0, 0.1) is 6.92 Å². The van der Waals surface area contributed by atoms with Crippen molar-refractivity contribution < 1.29 is 5.11 Å². The van der Waals surface area contributed by atoms with Crippen molar-refractivity contribution in [1.82, 2.24) is 4.98 Å². The third kappa shape index (κ3) is 2.03. The fourth-order valence-corrected chi connectivity index (χ4v) is 2.34. The molecule has 3 N–H and O–H groups in total. The summed E-state index contributed by atoms with van der Waals surface area (Å²) in [4.78, 5) is 6.67. The summed E-state index contributed by atoms with van der Waals surface area (Å²) in [6.07, 6.45) is 4.01. The molecule has 0 saturated carbocycles. The van der Waals surface area contributed by atoms with Gasteiger partial charge in [0.25, 0.3) is 0 Å². The second-order valence-electron chi connectivity index (χ2n) is 4.36. The summed E-state index contributed by atoms with van der Waals surface area (Å²) in [7, 11) is 0. The van der Waals surface area contributed by atoms with Gasteiger partial charge >= 0.3 is 0 Å². The predicted octanol–water partition coefficient (Wildman–Crippen LogP) is 0.810. The van der Waals surface area contributed by atoms with Gasteiger partial charge in [-0.2, -0.15) is 0 Å². The van der Waals surface area contributed by atoms with E-state index in [9.17, 15) is 5.11 Å². The Morgan fingerprint density at radius 2 is 2.44 bits per heavy atom. The minimum absolute atomic E-state index is 0.208. The number of aliphatic hydroxyl groups is 1. The molecule has 16 heavy (non-hydrogen) atoms. The Hall–Kier alpha value is -1.13. The summed E-state index contributed by atoms with van der Waals surface area (Å²) in [6, 6.07) is 2.31. The van der Waals surface area contributed by atoms with E-state index in [1.807, 2.05) is 13.1 Å². The van der Waals surface area contributed by atoms with Crippen molar-refractivity contribution in [3.63, 3.8) is 0 Å². The van der Waals surface area contributed by atoms with Crippen LogP contribution in [-0.2, 0) is 6.54 Å². The SMILES string of the molecule is Cc1cc(CN)cnc1N1CCCC1CO. The first-order valence-electron chi connectivity index (χ1n) is 5.79. The van der Waals surface area contributed by atoms with Gasteiger partial charge < -0.3 is 15.7 Å². The molecule has 0 amide bonds. The van der Waals surface area contributed by atoms with Gasteiger partial charge in [0.2, 0.25) is 0 Å². The van der Waals surface area contributed by atoms with Gasteiger partial charge in [0, 0.05) is 19.3 Å². The second-order valence-corrected chi connectivity index (χ2v) is 4.36. The second kappa shape index (κ2) is 4.80. The largest absolute Gasteiger partial charge is 0.394 e. The maximum atomic E-state index is 9.30. The third-order valence-corrected chi connectivity index (χ3v) is 3.20. The summed E-state index contributed by atoms with van der Waals surface area (Å²) < 4.78 is 0. The first-order chi connectivity index (χ1) is 7.76. The number of nitrogens with zero attached hydrogens (tertiary/aromatic N) is 2. The zero-order valence-corrected chi connectivity index (χ0v) is 9.69. The fraction of sp³-hybridized carbons (Fsp3) is 0.583. The molecule has 0 radical (unpaired) electrons. The van der Waals surface area contributed by atoms with Crippen LogP contribution in [0.5, 0.6) is 0 Å². The smallest absolute Gasteiger partial charge is 0.131 e. The predicted molar refractivity (Wildman–Crippen MR) is 64.3 cm³/mol. The molecule has 0 spiro atoms. The average molecular weight is 221 g/mol. The van der Waals surface area contributed by atoms with Crippen molar-refractivity contribution in [2.75, 3.05) is 18.1 Å². The number of anilines is 1. The molecule has 4 heteroatoms. The molecule has 2 rings (SSSR count). The van der Waals surface area contributed by atoms with Crippen LogP contribution in [-0.4, -0.2) is 29.3 Å². The van der Waals surface area contributed by atoms with E-state index in [1.165, 1.54) is 0 Å². The summed E-state index contributed by atoms with van der Waals surface area (Å²) in [5.41, 5.74) is 7.78. The van der Waals surface area contributed by atoms with Crippen LogP contribution in [0.1, 0.15) is 24.0 Å². The summed E-state index contributed by atoms with van der Waals surface area (Å²) >= 11 is 0. The first-order valence-corrected chi connectivity index (χ1v) is 5.79. The minimum Gasteiger partial charge on any atom is -0.394 e. The molecule has 1 atom stereocenters. The molecule has 1 fully saturated rings. The quantitative estimate of drug-likeness (QED) is 0.793. The number of hydrogen-bond acceptors (Lipinski definition) is 4. The van der Waals surface area contributed by atoms with E-state index in [1.54, 1.807) is 0 Å². The first kappa shape index (κ1) is 11.4. The van der Waals surface area contributed by atoms with Crippen molar-refractivity contribution in [3.05, 3.63) is 23.4 Å². The number of pyridine rings is 1. The lowest BCUT2D eigenvalue weighted by Crippen LogP contribution is -2.33. The highest BCUT2D eigenvalue weighted by Crippen LogP contribution is 2.26. The van der Waals surface area contributed by atoms with E-state index in [0.29, 0.717) is 6.54 Å². The Morgan fingerprint density at radius 3 is 3.06 bits per heavy atom. The Bertz CT molecular complexity index is 367. The molecule has 0 aromatic carbocycles. The van der Waals surface area contributed by atoms with Crippen molar-refractivity contribution in [3.8, 4) is 0 Å². The van der Waals surface area contributed by atoms with Crippen molar-refractivity contribution in [1.29, 1.82) is 0 Å². The number of aliphatic hydroxyl groups excluding tert-OH is 1. The van der Waals surface area contributed by atoms with Crippen LogP contribution in [0.15, 0.2) is 12.3 Å². The molecule has 1 aliphatic heterocycles. The topological polar surface area (TPSA) is 62.4 Å². The van der Waals surface area contributed by atoms with E-state index in [4.69, 9.17) is 5.73 Å². The molecular weight excluding hydrogens is 202 g/mol. The van der Waals surface area contributed by atoms with Crippen LogP contribution >= 0.6 is 0 Å².